The molecule has 0 spiro atoms. The Morgan fingerprint density at radius 2 is 1.64 bits per heavy atom. The maximum Gasteiger partial charge on any atom is 0.133 e. The molecule has 3 nitrogen and oxygen atoms in total. The molecule has 0 aliphatic carbocycles. The Morgan fingerprint density at radius 1 is 0.893 bits per heavy atom. The zero-order valence-electron chi connectivity index (χ0n) is 16.5. The fourth-order valence-electron chi connectivity index (χ4n) is 3.30. The lowest BCUT2D eigenvalue weighted by Crippen LogP contribution is -2.26. The predicted molar refractivity (Wildman–Crippen MR) is 109 cm³/mol. The summed E-state index contributed by atoms with van der Waals surface area (Å²) in [6.07, 6.45) is 0. The lowest BCUT2D eigenvalue weighted by Gasteiger charge is -2.20. The van der Waals surface area contributed by atoms with Gasteiger partial charge in [0.25, 0.3) is 0 Å². The Labute approximate surface area is 164 Å². The summed E-state index contributed by atoms with van der Waals surface area (Å²) in [5.41, 5.74) is 5.83. The molecule has 3 rings (SSSR count). The van der Waals surface area contributed by atoms with E-state index in [0.29, 0.717) is 12.2 Å². The van der Waals surface area contributed by atoms with Gasteiger partial charge in [0.15, 0.2) is 0 Å². The van der Waals surface area contributed by atoms with E-state index in [2.05, 4.69) is 0 Å². The summed E-state index contributed by atoms with van der Waals surface area (Å²) in [4.78, 5) is 0. The fraction of sp³-hybridized carbons (Fsp3) is 0.217. The minimum atomic E-state index is -0.588. The Balaban J connectivity index is 1.91. The second-order valence-corrected chi connectivity index (χ2v) is 7.03. The van der Waals surface area contributed by atoms with Crippen LogP contribution in [0.25, 0.3) is 11.1 Å². The fourth-order valence-corrected chi connectivity index (χ4v) is 3.30. The van der Waals surface area contributed by atoms with Gasteiger partial charge in [-0.05, 0) is 73.4 Å². The quantitative estimate of drug-likeness (QED) is 0.471. The Bertz CT molecular complexity index is 1020. The number of nitrogens with two attached hydrogens (primary N) is 1. The van der Waals surface area contributed by atoms with Gasteiger partial charge < -0.3 is 9.75 Å². The molecule has 0 aromatic heterocycles. The molecule has 0 aliphatic heterocycles. The van der Waals surface area contributed by atoms with Gasteiger partial charge in [0, 0.05) is 24.2 Å². The topological polar surface area (TPSA) is 38.5 Å². The third kappa shape index (κ3) is 3.99. The molecule has 0 unspecified atom stereocenters. The number of rotatable bonds is 5. The third-order valence-electron chi connectivity index (χ3n) is 4.88. The Morgan fingerprint density at radius 3 is 2.32 bits per heavy atom. The summed E-state index contributed by atoms with van der Waals surface area (Å²) in [5.74, 6) is 5.49. The third-order valence-corrected chi connectivity index (χ3v) is 4.88. The lowest BCUT2D eigenvalue weighted by atomic mass is 9.97. The second-order valence-electron chi connectivity index (χ2n) is 7.03. The number of halogens is 2. The zero-order chi connectivity index (χ0) is 20.4. The molecule has 0 saturated carbocycles. The summed E-state index contributed by atoms with van der Waals surface area (Å²) in [5, 5.41) is 1.57. The van der Waals surface area contributed by atoms with Crippen molar-refractivity contribution in [2.75, 3.05) is 12.1 Å². The van der Waals surface area contributed by atoms with E-state index in [9.17, 15) is 8.78 Å². The summed E-state index contributed by atoms with van der Waals surface area (Å²) < 4.78 is 33.5. The van der Waals surface area contributed by atoms with E-state index in [0.717, 1.165) is 45.3 Å². The highest BCUT2D eigenvalue weighted by Gasteiger charge is 2.14. The van der Waals surface area contributed by atoms with Crippen LogP contribution in [0.3, 0.4) is 0 Å². The monoisotopic (exact) mass is 382 g/mol. The van der Waals surface area contributed by atoms with E-state index in [4.69, 9.17) is 10.6 Å². The van der Waals surface area contributed by atoms with Gasteiger partial charge in [-0.3, -0.25) is 0 Å². The lowest BCUT2D eigenvalue weighted by molar-refractivity contribution is 0.303. The molecule has 0 bridgehead atoms. The first-order valence-corrected chi connectivity index (χ1v) is 9.04. The number of benzene rings is 3. The van der Waals surface area contributed by atoms with Crippen LogP contribution in [-0.2, 0) is 6.61 Å². The molecule has 3 aromatic carbocycles. The molecule has 0 saturated heterocycles. The predicted octanol–water partition coefficient (Wildman–Crippen LogP) is 5.45. The van der Waals surface area contributed by atoms with Crippen LogP contribution in [0.2, 0.25) is 0 Å². The van der Waals surface area contributed by atoms with Crippen molar-refractivity contribution >= 4 is 5.69 Å². The highest BCUT2D eigenvalue weighted by Crippen LogP contribution is 2.33. The Hall–Kier alpha value is -2.92. The highest BCUT2D eigenvalue weighted by molar-refractivity contribution is 5.70. The number of hydrogen-bond acceptors (Lipinski definition) is 3. The second kappa shape index (κ2) is 7.98. The van der Waals surface area contributed by atoms with E-state index in [1.807, 2.05) is 51.1 Å². The minimum Gasteiger partial charge on any atom is -0.489 e. The van der Waals surface area contributed by atoms with Crippen LogP contribution in [-0.4, -0.2) is 7.05 Å². The molecule has 28 heavy (non-hydrogen) atoms. The van der Waals surface area contributed by atoms with Gasteiger partial charge in [0.05, 0.1) is 5.69 Å². The average Bonchev–Trinajstić information content (AvgIpc) is 2.63. The summed E-state index contributed by atoms with van der Waals surface area (Å²) in [7, 11) is 1.79. The van der Waals surface area contributed by atoms with Gasteiger partial charge in [0.2, 0.25) is 0 Å². The molecule has 0 aliphatic rings. The molecule has 0 heterocycles. The van der Waals surface area contributed by atoms with Crippen LogP contribution < -0.4 is 15.6 Å². The standard InChI is InChI=1S/C23H24F2N2O/c1-14-6-5-7-22(27(4)26)20(14)13-28-23-11-15(2)19(10-16(23)3)18-9-8-17(24)12-21(18)25/h5-12H,13,26H2,1-4H3. The summed E-state index contributed by atoms with van der Waals surface area (Å²) >= 11 is 0. The molecule has 0 amide bonds. The minimum absolute atomic E-state index is 0.369. The maximum absolute atomic E-state index is 14.2. The molecule has 3 aromatic rings. The van der Waals surface area contributed by atoms with Gasteiger partial charge >= 0.3 is 0 Å². The van der Waals surface area contributed by atoms with E-state index in [-0.39, 0.29) is 0 Å². The molecule has 5 heteroatoms. The van der Waals surface area contributed by atoms with Crippen LogP contribution in [0.5, 0.6) is 5.75 Å². The molecule has 2 N–H and O–H groups in total. The van der Waals surface area contributed by atoms with Crippen LogP contribution in [0, 0.1) is 32.4 Å². The van der Waals surface area contributed by atoms with Crippen molar-refractivity contribution < 1.29 is 13.5 Å². The number of hydrazine groups is 1. The normalized spacial score (nSPS) is 10.8. The van der Waals surface area contributed by atoms with Gasteiger partial charge in [-0.15, -0.1) is 0 Å². The van der Waals surface area contributed by atoms with Crippen molar-refractivity contribution in [1.82, 2.24) is 0 Å². The van der Waals surface area contributed by atoms with Gasteiger partial charge in [-0.1, -0.05) is 12.1 Å². The molecular weight excluding hydrogens is 358 g/mol. The van der Waals surface area contributed by atoms with Crippen molar-refractivity contribution in [1.29, 1.82) is 0 Å². The number of ether oxygens (including phenoxy) is 1. The van der Waals surface area contributed by atoms with Crippen LogP contribution in [0.15, 0.2) is 48.5 Å². The van der Waals surface area contributed by atoms with Gasteiger partial charge in [-0.25, -0.2) is 14.6 Å². The van der Waals surface area contributed by atoms with Crippen LogP contribution >= 0.6 is 0 Å². The maximum atomic E-state index is 14.2. The highest BCUT2D eigenvalue weighted by atomic mass is 19.1. The van der Waals surface area contributed by atoms with Gasteiger partial charge in [-0.2, -0.15) is 0 Å². The van der Waals surface area contributed by atoms with Crippen molar-refractivity contribution in [2.24, 2.45) is 5.84 Å². The molecule has 146 valence electrons. The van der Waals surface area contributed by atoms with Crippen molar-refractivity contribution in [3.8, 4) is 16.9 Å². The van der Waals surface area contributed by atoms with E-state index in [1.165, 1.54) is 12.1 Å². The Kier molecular flexibility index (Phi) is 5.66. The number of anilines is 1. The smallest absolute Gasteiger partial charge is 0.133 e. The largest absolute Gasteiger partial charge is 0.489 e. The first kappa shape index (κ1) is 19.8. The number of nitrogens with zero attached hydrogens (tertiary/aromatic N) is 1. The molecular formula is C23H24F2N2O. The van der Waals surface area contributed by atoms with Crippen LogP contribution in [0.1, 0.15) is 22.3 Å². The van der Waals surface area contributed by atoms with Gasteiger partial charge in [0.1, 0.15) is 24.0 Å². The van der Waals surface area contributed by atoms with E-state index < -0.39 is 11.6 Å². The molecule has 0 atom stereocenters. The van der Waals surface area contributed by atoms with E-state index >= 15 is 0 Å². The summed E-state index contributed by atoms with van der Waals surface area (Å²) in [6, 6.07) is 13.3. The van der Waals surface area contributed by atoms with Crippen LogP contribution in [0.4, 0.5) is 14.5 Å². The SMILES string of the molecule is Cc1cc(-c2ccc(F)cc2F)c(C)cc1OCc1c(C)cccc1N(C)N. The summed E-state index contributed by atoms with van der Waals surface area (Å²) in [6.45, 7) is 6.18. The molecule has 0 radical (unpaired) electrons. The van der Waals surface area contributed by atoms with E-state index in [1.54, 1.807) is 12.1 Å². The number of aryl methyl sites for hydroxylation is 3. The molecule has 0 fully saturated rings. The van der Waals surface area contributed by atoms with Crippen molar-refractivity contribution in [3.05, 3.63) is 82.4 Å². The number of hydrogen-bond donors (Lipinski definition) is 1. The van der Waals surface area contributed by atoms with Crippen molar-refractivity contribution in [2.45, 2.75) is 27.4 Å². The zero-order valence-corrected chi connectivity index (χ0v) is 16.5. The average molecular weight is 382 g/mol. The first-order valence-electron chi connectivity index (χ1n) is 9.04. The van der Waals surface area contributed by atoms with Crippen molar-refractivity contribution in [3.63, 3.8) is 0 Å². The first-order chi connectivity index (χ1) is 13.3.